The van der Waals surface area contributed by atoms with Crippen molar-refractivity contribution in [3.05, 3.63) is 44.0 Å². The van der Waals surface area contributed by atoms with Gasteiger partial charge < -0.3 is 10.1 Å². The minimum Gasteiger partial charge on any atom is -0.465 e. The van der Waals surface area contributed by atoms with Crippen LogP contribution in [0.5, 0.6) is 0 Å². The van der Waals surface area contributed by atoms with E-state index in [1.165, 1.54) is 11.8 Å². The first-order valence-corrected chi connectivity index (χ1v) is 9.25. The molecule has 1 heterocycles. The van der Waals surface area contributed by atoms with Crippen LogP contribution in [0.2, 0.25) is 0 Å². The number of benzene rings is 1. The van der Waals surface area contributed by atoms with E-state index in [9.17, 15) is 14.9 Å². The van der Waals surface area contributed by atoms with Gasteiger partial charge in [0, 0.05) is 9.49 Å². The normalized spacial score (nSPS) is 20.7. The predicted octanol–water partition coefficient (Wildman–Crippen LogP) is 2.78. The van der Waals surface area contributed by atoms with E-state index < -0.39 is 23.7 Å². The largest absolute Gasteiger partial charge is 0.465 e. The van der Waals surface area contributed by atoms with Crippen LogP contribution in [0.4, 0.5) is 0 Å². The number of allylic oxidation sites excluding steroid dienone is 1. The van der Waals surface area contributed by atoms with Crippen LogP contribution in [-0.4, -0.2) is 24.7 Å². The van der Waals surface area contributed by atoms with Gasteiger partial charge in [-0.1, -0.05) is 18.2 Å². The second kappa shape index (κ2) is 7.84. The Bertz CT molecular complexity index is 712. The molecule has 1 aliphatic heterocycles. The monoisotopic (exact) mass is 442 g/mol. The van der Waals surface area contributed by atoms with Gasteiger partial charge in [0.1, 0.15) is 5.92 Å². The number of thioether (sulfide) groups is 1. The zero-order chi connectivity index (χ0) is 17.0. The maximum atomic E-state index is 12.5. The Morgan fingerprint density at radius 2 is 2.17 bits per heavy atom. The van der Waals surface area contributed by atoms with E-state index in [1.54, 1.807) is 13.2 Å². The first-order valence-electron chi connectivity index (χ1n) is 6.95. The Labute approximate surface area is 152 Å². The molecule has 1 aliphatic rings. The van der Waals surface area contributed by atoms with Crippen molar-refractivity contribution >= 4 is 46.2 Å². The SMILES string of the molecule is CCOC(=O)[C@H]1C(=O)NC(SC)=C(C#N)[C@@H]1c1ccccc1I. The van der Waals surface area contributed by atoms with E-state index in [4.69, 9.17) is 4.74 Å². The van der Waals surface area contributed by atoms with Crippen molar-refractivity contribution in [2.75, 3.05) is 12.9 Å². The molecule has 1 aromatic rings. The highest BCUT2D eigenvalue weighted by atomic mass is 127. The quantitative estimate of drug-likeness (QED) is 0.441. The Balaban J connectivity index is 2.64. The van der Waals surface area contributed by atoms with Crippen molar-refractivity contribution in [3.8, 4) is 6.07 Å². The highest BCUT2D eigenvalue weighted by Crippen LogP contribution is 2.41. The molecular weight excluding hydrogens is 427 g/mol. The molecule has 5 nitrogen and oxygen atoms in total. The smallest absolute Gasteiger partial charge is 0.319 e. The van der Waals surface area contributed by atoms with Crippen LogP contribution in [0, 0.1) is 20.8 Å². The number of nitrogens with one attached hydrogen (secondary N) is 1. The third-order valence-corrected chi connectivity index (χ3v) is 5.23. The first-order chi connectivity index (χ1) is 11.0. The molecule has 7 heteroatoms. The van der Waals surface area contributed by atoms with Crippen LogP contribution in [0.15, 0.2) is 34.9 Å². The van der Waals surface area contributed by atoms with Crippen LogP contribution >= 0.6 is 34.4 Å². The molecule has 0 radical (unpaired) electrons. The lowest BCUT2D eigenvalue weighted by Crippen LogP contribution is -2.44. The van der Waals surface area contributed by atoms with Gasteiger partial charge in [-0.2, -0.15) is 5.26 Å². The summed E-state index contributed by atoms with van der Waals surface area (Å²) in [7, 11) is 0. The number of hydrogen-bond donors (Lipinski definition) is 1. The van der Waals surface area contributed by atoms with E-state index in [2.05, 4.69) is 34.0 Å². The lowest BCUT2D eigenvalue weighted by atomic mass is 9.78. The van der Waals surface area contributed by atoms with Gasteiger partial charge in [-0.05, 0) is 47.4 Å². The van der Waals surface area contributed by atoms with E-state index >= 15 is 0 Å². The molecule has 0 unspecified atom stereocenters. The van der Waals surface area contributed by atoms with Crippen LogP contribution in [0.25, 0.3) is 0 Å². The number of halogens is 1. The molecule has 0 spiro atoms. The fraction of sp³-hybridized carbons (Fsp3) is 0.312. The minimum atomic E-state index is -1.06. The number of esters is 1. The van der Waals surface area contributed by atoms with Crippen LogP contribution in [0.3, 0.4) is 0 Å². The summed E-state index contributed by atoms with van der Waals surface area (Å²) in [5, 5.41) is 12.7. The number of amides is 1. The second-order valence-corrected chi connectivity index (χ2v) is 6.76. The van der Waals surface area contributed by atoms with Gasteiger partial charge in [0.05, 0.1) is 23.3 Å². The van der Waals surface area contributed by atoms with Crippen molar-refractivity contribution in [2.45, 2.75) is 12.8 Å². The average molecular weight is 442 g/mol. The van der Waals surface area contributed by atoms with Gasteiger partial charge in [0.25, 0.3) is 0 Å². The van der Waals surface area contributed by atoms with E-state index in [0.717, 1.165) is 9.13 Å². The summed E-state index contributed by atoms with van der Waals surface area (Å²) >= 11 is 3.43. The Morgan fingerprint density at radius 1 is 1.48 bits per heavy atom. The van der Waals surface area contributed by atoms with Crippen molar-refractivity contribution < 1.29 is 14.3 Å². The Morgan fingerprint density at radius 3 is 2.74 bits per heavy atom. The fourth-order valence-corrected chi connectivity index (χ4v) is 3.85. The topological polar surface area (TPSA) is 79.2 Å². The predicted molar refractivity (Wildman–Crippen MR) is 96.3 cm³/mol. The summed E-state index contributed by atoms with van der Waals surface area (Å²) in [5.41, 5.74) is 1.17. The maximum absolute atomic E-state index is 12.5. The molecular formula is C16H15IN2O3S. The summed E-state index contributed by atoms with van der Waals surface area (Å²) in [5.74, 6) is -2.74. The summed E-state index contributed by atoms with van der Waals surface area (Å²) in [6.45, 7) is 1.87. The summed E-state index contributed by atoms with van der Waals surface area (Å²) in [6, 6.07) is 9.60. The molecule has 0 saturated heterocycles. The van der Waals surface area contributed by atoms with Crippen molar-refractivity contribution in [1.29, 1.82) is 5.26 Å². The highest BCUT2D eigenvalue weighted by molar-refractivity contribution is 14.1. The zero-order valence-electron chi connectivity index (χ0n) is 12.6. The Hall–Kier alpha value is -1.53. The fourth-order valence-electron chi connectivity index (χ4n) is 2.54. The van der Waals surface area contributed by atoms with Crippen LogP contribution in [0.1, 0.15) is 18.4 Å². The van der Waals surface area contributed by atoms with Gasteiger partial charge in [-0.15, -0.1) is 11.8 Å². The molecule has 2 atom stereocenters. The van der Waals surface area contributed by atoms with E-state index in [0.29, 0.717) is 10.6 Å². The molecule has 0 aromatic heterocycles. The molecule has 23 heavy (non-hydrogen) atoms. The summed E-state index contributed by atoms with van der Waals surface area (Å²) < 4.78 is 5.96. The number of carbonyl (C=O) groups excluding carboxylic acids is 2. The van der Waals surface area contributed by atoms with E-state index in [-0.39, 0.29) is 6.61 Å². The average Bonchev–Trinajstić information content (AvgIpc) is 2.54. The number of nitriles is 1. The number of ether oxygens (including phenoxy) is 1. The molecule has 0 bridgehead atoms. The van der Waals surface area contributed by atoms with Crippen LogP contribution < -0.4 is 5.32 Å². The van der Waals surface area contributed by atoms with Gasteiger partial charge >= 0.3 is 5.97 Å². The molecule has 0 saturated carbocycles. The Kier molecular flexibility index (Phi) is 6.07. The lowest BCUT2D eigenvalue weighted by Gasteiger charge is -2.31. The molecule has 1 N–H and O–H groups in total. The van der Waals surface area contributed by atoms with Gasteiger partial charge in [-0.3, -0.25) is 9.59 Å². The molecule has 1 aromatic carbocycles. The zero-order valence-corrected chi connectivity index (χ0v) is 15.6. The molecule has 120 valence electrons. The van der Waals surface area contributed by atoms with Gasteiger partial charge in [-0.25, -0.2) is 0 Å². The van der Waals surface area contributed by atoms with Crippen molar-refractivity contribution in [1.82, 2.24) is 5.32 Å². The third-order valence-electron chi connectivity index (χ3n) is 3.51. The number of nitrogens with zero attached hydrogens (tertiary/aromatic N) is 1. The maximum Gasteiger partial charge on any atom is 0.319 e. The van der Waals surface area contributed by atoms with Crippen molar-refractivity contribution in [3.63, 3.8) is 0 Å². The van der Waals surface area contributed by atoms with E-state index in [1.807, 2.05) is 24.3 Å². The van der Waals surface area contributed by atoms with Gasteiger partial charge in [0.15, 0.2) is 0 Å². The molecule has 0 aliphatic carbocycles. The number of carbonyl (C=O) groups is 2. The molecule has 1 amide bonds. The van der Waals surface area contributed by atoms with Crippen LogP contribution in [-0.2, 0) is 14.3 Å². The first kappa shape index (κ1) is 17.8. The molecule has 2 rings (SSSR count). The summed E-state index contributed by atoms with van der Waals surface area (Å²) in [4.78, 5) is 24.8. The van der Waals surface area contributed by atoms with Gasteiger partial charge in [0.2, 0.25) is 5.91 Å². The minimum absolute atomic E-state index is 0.183. The van der Waals surface area contributed by atoms with Crippen molar-refractivity contribution in [2.24, 2.45) is 5.92 Å². The number of rotatable bonds is 4. The highest BCUT2D eigenvalue weighted by Gasteiger charge is 2.44. The third kappa shape index (κ3) is 3.53. The summed E-state index contributed by atoms with van der Waals surface area (Å²) in [6.07, 6.45) is 1.78. The second-order valence-electron chi connectivity index (χ2n) is 4.78. The lowest BCUT2D eigenvalue weighted by molar-refractivity contribution is -0.152. The number of hydrogen-bond acceptors (Lipinski definition) is 5. The standard InChI is InChI=1S/C16H15IN2O3S/c1-3-22-16(21)13-12(9-6-4-5-7-11(9)17)10(8-18)15(23-2)19-14(13)20/h4-7,12-13H,3H2,1-2H3,(H,19,20)/t12-,13+/m0/s1. The molecule has 0 fully saturated rings.